The molecule has 0 aliphatic carbocycles. The maximum atomic E-state index is 12.7. The molecule has 1 amide bonds. The molecular weight excluding hydrogens is 422 g/mol. The maximum absolute atomic E-state index is 12.7. The van der Waals surface area contributed by atoms with Crippen LogP contribution in [-0.4, -0.2) is 20.9 Å². The maximum Gasteiger partial charge on any atom is 0.417 e. The Morgan fingerprint density at radius 2 is 2.03 bits per heavy atom. The molecule has 0 bridgehead atoms. The van der Waals surface area contributed by atoms with Gasteiger partial charge in [-0.1, -0.05) is 12.1 Å². The van der Waals surface area contributed by atoms with Crippen LogP contribution in [0.3, 0.4) is 0 Å². The monoisotopic (exact) mass is 435 g/mol. The third-order valence-electron chi connectivity index (χ3n) is 4.25. The van der Waals surface area contributed by atoms with Gasteiger partial charge in [-0.3, -0.25) is 15.1 Å². The van der Waals surface area contributed by atoms with Gasteiger partial charge in [-0.25, -0.2) is 14.8 Å². The number of aromatic amines is 1. The molecule has 148 valence electrons. The van der Waals surface area contributed by atoms with Gasteiger partial charge in [-0.15, -0.1) is 22.7 Å². The summed E-state index contributed by atoms with van der Waals surface area (Å²) in [4.78, 5) is 35.2. The van der Waals surface area contributed by atoms with Crippen molar-refractivity contribution in [2.24, 2.45) is 0 Å². The van der Waals surface area contributed by atoms with E-state index in [4.69, 9.17) is 4.42 Å². The number of thiazole rings is 2. The van der Waals surface area contributed by atoms with Crippen LogP contribution >= 0.6 is 22.7 Å². The molecule has 5 aromatic rings. The fourth-order valence-corrected chi connectivity index (χ4v) is 4.15. The second-order valence-electron chi connectivity index (χ2n) is 6.26. The lowest BCUT2D eigenvalue weighted by molar-refractivity contribution is 0.102. The average molecular weight is 435 g/mol. The van der Waals surface area contributed by atoms with Crippen molar-refractivity contribution in [2.75, 3.05) is 10.6 Å². The Labute approximate surface area is 177 Å². The standard InChI is InChI=1S/C20H13N5O3S2/c26-17(12-2-1-3-13(8-12)22-18-21-6-7-29-18)25-19-23-15(10-30-19)11-4-5-14-16(9-11)28-20(27)24-14/h1-10H,(H,21,22)(H,24,27)(H,23,25,26). The Hall–Kier alpha value is -3.76. The third-order valence-corrected chi connectivity index (χ3v) is 5.70. The van der Waals surface area contributed by atoms with Crippen molar-refractivity contribution in [3.8, 4) is 11.3 Å². The molecule has 3 N–H and O–H groups in total. The van der Waals surface area contributed by atoms with Crippen LogP contribution in [-0.2, 0) is 0 Å². The lowest BCUT2D eigenvalue weighted by Crippen LogP contribution is -2.11. The number of carbonyl (C=O) groups excluding carboxylic acids is 1. The van der Waals surface area contributed by atoms with E-state index in [1.165, 1.54) is 22.7 Å². The number of H-pyrrole nitrogens is 1. The van der Waals surface area contributed by atoms with E-state index >= 15 is 0 Å². The molecule has 3 heterocycles. The van der Waals surface area contributed by atoms with Crippen molar-refractivity contribution < 1.29 is 9.21 Å². The van der Waals surface area contributed by atoms with Gasteiger partial charge >= 0.3 is 5.76 Å². The Morgan fingerprint density at radius 3 is 2.90 bits per heavy atom. The SMILES string of the molecule is O=C(Nc1nc(-c2ccc3[nH]c(=O)oc3c2)cs1)c1cccc(Nc2nccs2)c1. The van der Waals surface area contributed by atoms with E-state index in [9.17, 15) is 9.59 Å². The van der Waals surface area contributed by atoms with Crippen molar-refractivity contribution in [3.05, 3.63) is 75.5 Å². The van der Waals surface area contributed by atoms with Crippen LogP contribution in [0.4, 0.5) is 16.0 Å². The van der Waals surface area contributed by atoms with Gasteiger partial charge in [0.1, 0.15) is 0 Å². The average Bonchev–Trinajstić information content (AvgIpc) is 3.48. The van der Waals surface area contributed by atoms with Crippen LogP contribution in [0.1, 0.15) is 10.4 Å². The van der Waals surface area contributed by atoms with E-state index in [1.807, 2.05) is 22.9 Å². The number of benzene rings is 2. The highest BCUT2D eigenvalue weighted by atomic mass is 32.1. The summed E-state index contributed by atoms with van der Waals surface area (Å²) in [7, 11) is 0. The minimum atomic E-state index is -0.500. The number of nitrogens with zero attached hydrogens (tertiary/aromatic N) is 2. The molecule has 0 spiro atoms. The molecule has 0 unspecified atom stereocenters. The number of amides is 1. The summed E-state index contributed by atoms with van der Waals surface area (Å²) in [6, 6.07) is 12.5. The molecule has 0 saturated carbocycles. The van der Waals surface area contributed by atoms with Gasteiger partial charge in [0.2, 0.25) is 0 Å². The Morgan fingerprint density at radius 1 is 1.10 bits per heavy atom. The normalized spacial score (nSPS) is 10.9. The van der Waals surface area contributed by atoms with E-state index in [0.717, 1.165) is 16.4 Å². The Bertz CT molecular complexity index is 1400. The molecule has 0 fully saturated rings. The summed E-state index contributed by atoms with van der Waals surface area (Å²) in [5.74, 6) is -0.759. The minimum Gasteiger partial charge on any atom is -0.408 e. The van der Waals surface area contributed by atoms with E-state index < -0.39 is 5.76 Å². The predicted octanol–water partition coefficient (Wildman–Crippen LogP) is 4.70. The number of oxazole rings is 1. The second-order valence-corrected chi connectivity index (χ2v) is 8.01. The second kappa shape index (κ2) is 7.58. The first-order valence-corrected chi connectivity index (χ1v) is 10.6. The lowest BCUT2D eigenvalue weighted by atomic mass is 10.1. The van der Waals surface area contributed by atoms with Crippen LogP contribution < -0.4 is 16.4 Å². The predicted molar refractivity (Wildman–Crippen MR) is 118 cm³/mol. The molecule has 10 heteroatoms. The fraction of sp³-hybridized carbons (Fsp3) is 0. The Kier molecular flexibility index (Phi) is 4.62. The van der Waals surface area contributed by atoms with E-state index in [-0.39, 0.29) is 5.91 Å². The summed E-state index contributed by atoms with van der Waals surface area (Å²) < 4.78 is 5.09. The molecule has 0 atom stereocenters. The van der Waals surface area contributed by atoms with Gasteiger partial charge in [0.05, 0.1) is 11.2 Å². The highest BCUT2D eigenvalue weighted by Crippen LogP contribution is 2.27. The van der Waals surface area contributed by atoms with Gasteiger partial charge in [0.25, 0.3) is 5.91 Å². The van der Waals surface area contributed by atoms with Gasteiger partial charge < -0.3 is 9.73 Å². The minimum absolute atomic E-state index is 0.259. The first-order chi connectivity index (χ1) is 14.6. The number of anilines is 3. The molecule has 0 saturated heterocycles. The first kappa shape index (κ1) is 18.3. The number of aromatic nitrogens is 3. The summed E-state index contributed by atoms with van der Waals surface area (Å²) in [5, 5.41) is 10.9. The van der Waals surface area contributed by atoms with Gasteiger partial charge in [-0.05, 0) is 30.3 Å². The zero-order chi connectivity index (χ0) is 20.5. The van der Waals surface area contributed by atoms with Crippen molar-refractivity contribution in [1.29, 1.82) is 0 Å². The largest absolute Gasteiger partial charge is 0.417 e. The third kappa shape index (κ3) is 3.73. The highest BCUT2D eigenvalue weighted by molar-refractivity contribution is 7.14. The highest BCUT2D eigenvalue weighted by Gasteiger charge is 2.12. The molecule has 3 aromatic heterocycles. The zero-order valence-corrected chi connectivity index (χ0v) is 16.8. The van der Waals surface area contributed by atoms with Crippen LogP contribution in [0.15, 0.2) is 68.6 Å². The fourth-order valence-electron chi connectivity index (χ4n) is 2.88. The van der Waals surface area contributed by atoms with Crippen LogP contribution in [0, 0.1) is 0 Å². The number of fused-ring (bicyclic) bond motifs is 1. The quantitative estimate of drug-likeness (QED) is 0.369. The lowest BCUT2D eigenvalue weighted by Gasteiger charge is -2.06. The first-order valence-electron chi connectivity index (χ1n) is 8.81. The molecule has 5 rings (SSSR count). The molecule has 0 radical (unpaired) electrons. The summed E-state index contributed by atoms with van der Waals surface area (Å²) in [6.07, 6.45) is 1.71. The van der Waals surface area contributed by atoms with E-state index in [0.29, 0.717) is 27.5 Å². The molecule has 0 aliphatic rings. The van der Waals surface area contributed by atoms with E-state index in [2.05, 4.69) is 25.6 Å². The van der Waals surface area contributed by atoms with Crippen LogP contribution in [0.5, 0.6) is 0 Å². The number of hydrogen-bond donors (Lipinski definition) is 3. The Balaban J connectivity index is 1.33. The van der Waals surface area contributed by atoms with Gasteiger partial charge in [0, 0.05) is 33.8 Å². The smallest absolute Gasteiger partial charge is 0.408 e. The van der Waals surface area contributed by atoms with Crippen molar-refractivity contribution in [2.45, 2.75) is 0 Å². The summed E-state index contributed by atoms with van der Waals surface area (Å²) >= 11 is 2.80. The van der Waals surface area contributed by atoms with Crippen molar-refractivity contribution in [3.63, 3.8) is 0 Å². The van der Waals surface area contributed by atoms with Crippen molar-refractivity contribution in [1.82, 2.24) is 15.0 Å². The van der Waals surface area contributed by atoms with E-state index in [1.54, 1.807) is 36.5 Å². The summed E-state index contributed by atoms with van der Waals surface area (Å²) in [6.45, 7) is 0. The molecule has 30 heavy (non-hydrogen) atoms. The molecule has 2 aromatic carbocycles. The summed E-state index contributed by atoms with van der Waals surface area (Å²) in [5.41, 5.74) is 3.83. The van der Waals surface area contributed by atoms with Gasteiger partial charge in [0.15, 0.2) is 15.8 Å². The zero-order valence-electron chi connectivity index (χ0n) is 15.2. The van der Waals surface area contributed by atoms with Gasteiger partial charge in [-0.2, -0.15) is 0 Å². The molecular formula is C20H13N5O3S2. The number of nitrogens with one attached hydrogen (secondary N) is 3. The van der Waals surface area contributed by atoms with Crippen LogP contribution in [0.2, 0.25) is 0 Å². The number of hydrogen-bond acceptors (Lipinski definition) is 8. The number of carbonyl (C=O) groups is 1. The topological polar surface area (TPSA) is 113 Å². The molecule has 8 nitrogen and oxygen atoms in total. The van der Waals surface area contributed by atoms with Crippen molar-refractivity contribution >= 4 is 55.6 Å². The number of rotatable bonds is 5. The molecule has 0 aliphatic heterocycles. The van der Waals surface area contributed by atoms with Crippen LogP contribution in [0.25, 0.3) is 22.4 Å².